The van der Waals surface area contributed by atoms with Gasteiger partial charge in [0.1, 0.15) is 6.17 Å². The number of nitrogens with one attached hydrogen (secondary N) is 2. The van der Waals surface area contributed by atoms with E-state index in [1.807, 2.05) is 30.3 Å². The molecule has 92 valence electrons. The van der Waals surface area contributed by atoms with E-state index in [4.69, 9.17) is 12.2 Å². The van der Waals surface area contributed by atoms with Gasteiger partial charge in [-0.2, -0.15) is 0 Å². The van der Waals surface area contributed by atoms with Crippen molar-refractivity contribution in [3.8, 4) is 0 Å². The first kappa shape index (κ1) is 12.1. The second kappa shape index (κ2) is 4.97. The lowest BCUT2D eigenvalue weighted by molar-refractivity contribution is 0.595. The van der Waals surface area contributed by atoms with Gasteiger partial charge < -0.3 is 0 Å². The van der Waals surface area contributed by atoms with Gasteiger partial charge in [0.15, 0.2) is 5.11 Å². The van der Waals surface area contributed by atoms with E-state index < -0.39 is 0 Å². The quantitative estimate of drug-likeness (QED) is 0.820. The third-order valence-corrected chi connectivity index (χ3v) is 4.46. The van der Waals surface area contributed by atoms with Gasteiger partial charge in [0, 0.05) is 15.0 Å². The predicted molar refractivity (Wildman–Crippen MR) is 82.6 cm³/mol. The Labute approximate surface area is 123 Å². The Kier molecular flexibility index (Phi) is 3.34. The molecule has 2 aromatic rings. The fraction of sp³-hybridized carbons (Fsp3) is 0.0833. The summed E-state index contributed by atoms with van der Waals surface area (Å²) < 4.78 is 1.06. The average Bonchev–Trinajstić information content (AvgIpc) is 2.99. The van der Waals surface area contributed by atoms with Gasteiger partial charge in [-0.05, 0) is 47.9 Å². The van der Waals surface area contributed by atoms with Gasteiger partial charge in [-0.3, -0.25) is 10.3 Å². The number of nitrogens with zero attached hydrogens (tertiary/aromatic N) is 1. The highest BCUT2D eigenvalue weighted by molar-refractivity contribution is 9.10. The summed E-state index contributed by atoms with van der Waals surface area (Å²) in [5.74, 6) is 0. The minimum Gasteiger partial charge on any atom is -0.296 e. The molecule has 1 aromatic carbocycles. The monoisotopic (exact) mass is 339 g/mol. The van der Waals surface area contributed by atoms with E-state index in [9.17, 15) is 0 Å². The van der Waals surface area contributed by atoms with Crippen LogP contribution in [-0.2, 0) is 0 Å². The Morgan fingerprint density at radius 3 is 2.67 bits per heavy atom. The topological polar surface area (TPSA) is 27.3 Å². The first-order chi connectivity index (χ1) is 8.75. The highest BCUT2D eigenvalue weighted by atomic mass is 79.9. The number of halogens is 1. The van der Waals surface area contributed by atoms with Crippen molar-refractivity contribution in [2.45, 2.75) is 6.17 Å². The molecule has 3 rings (SSSR count). The number of benzene rings is 1. The molecule has 1 aliphatic rings. The minimum absolute atomic E-state index is 0.0543. The maximum absolute atomic E-state index is 5.35. The van der Waals surface area contributed by atoms with Crippen molar-refractivity contribution in [1.82, 2.24) is 10.9 Å². The maximum atomic E-state index is 5.35. The summed E-state index contributed by atoms with van der Waals surface area (Å²) in [6.07, 6.45) is 0.0543. The Balaban J connectivity index is 1.97. The van der Waals surface area contributed by atoms with Gasteiger partial charge in [-0.25, -0.2) is 5.43 Å². The summed E-state index contributed by atoms with van der Waals surface area (Å²) >= 11 is 10.5. The number of thiophene rings is 1. The van der Waals surface area contributed by atoms with Gasteiger partial charge in [-0.15, -0.1) is 11.3 Å². The molecule has 0 saturated carbocycles. The van der Waals surface area contributed by atoms with E-state index in [-0.39, 0.29) is 6.17 Å². The summed E-state index contributed by atoms with van der Waals surface area (Å²) in [6.45, 7) is 0. The average molecular weight is 340 g/mol. The minimum atomic E-state index is 0.0543. The molecule has 0 spiro atoms. The number of hydrazine groups is 1. The molecule has 1 fully saturated rings. The van der Waals surface area contributed by atoms with Gasteiger partial charge in [0.25, 0.3) is 0 Å². The van der Waals surface area contributed by atoms with Gasteiger partial charge in [0.05, 0.1) is 0 Å². The van der Waals surface area contributed by atoms with Crippen LogP contribution >= 0.6 is 39.5 Å². The molecule has 3 nitrogen and oxygen atoms in total. The van der Waals surface area contributed by atoms with E-state index in [0.29, 0.717) is 5.11 Å². The highest BCUT2D eigenvalue weighted by Gasteiger charge is 2.30. The Morgan fingerprint density at radius 2 is 2.00 bits per heavy atom. The number of rotatable bonds is 2. The zero-order valence-electron chi connectivity index (χ0n) is 9.26. The molecule has 1 aliphatic heterocycles. The van der Waals surface area contributed by atoms with Crippen LogP contribution in [0.25, 0.3) is 0 Å². The molecule has 2 N–H and O–H groups in total. The molecule has 1 atom stereocenters. The molecular formula is C12H10BrN3S2. The smallest absolute Gasteiger partial charge is 0.189 e. The van der Waals surface area contributed by atoms with Gasteiger partial charge in [0.2, 0.25) is 0 Å². The van der Waals surface area contributed by atoms with E-state index in [1.165, 1.54) is 4.88 Å². The third-order valence-electron chi connectivity index (χ3n) is 2.71. The molecule has 0 bridgehead atoms. The van der Waals surface area contributed by atoms with Crippen LogP contribution in [0.4, 0.5) is 5.69 Å². The van der Waals surface area contributed by atoms with E-state index in [0.717, 1.165) is 10.2 Å². The van der Waals surface area contributed by atoms with Gasteiger partial charge in [-0.1, -0.05) is 22.0 Å². The normalized spacial score (nSPS) is 19.1. The predicted octanol–water partition coefficient (Wildman–Crippen LogP) is 3.41. The standard InChI is InChI=1S/C12H10BrN3S2/c13-8-3-5-9(6-4-8)16-11(14-15-12(16)17)10-2-1-7-18-10/h1-7,11,14H,(H,15,17). The molecule has 2 heterocycles. The van der Waals surface area contributed by atoms with Crippen molar-refractivity contribution in [2.24, 2.45) is 0 Å². The lowest BCUT2D eigenvalue weighted by Gasteiger charge is -2.23. The van der Waals surface area contributed by atoms with Crippen LogP contribution in [0.3, 0.4) is 0 Å². The van der Waals surface area contributed by atoms with Crippen molar-refractivity contribution in [2.75, 3.05) is 4.90 Å². The van der Waals surface area contributed by atoms with E-state index >= 15 is 0 Å². The van der Waals surface area contributed by atoms with Crippen LogP contribution in [0.2, 0.25) is 0 Å². The fourth-order valence-electron chi connectivity index (χ4n) is 1.89. The van der Waals surface area contributed by atoms with Crippen molar-refractivity contribution >= 4 is 50.3 Å². The molecule has 0 aliphatic carbocycles. The second-order valence-corrected chi connectivity index (χ2v) is 6.12. The van der Waals surface area contributed by atoms with Crippen LogP contribution in [-0.4, -0.2) is 5.11 Å². The number of anilines is 1. The number of thiocarbonyl (C=S) groups is 1. The molecule has 1 aromatic heterocycles. The van der Waals surface area contributed by atoms with Crippen LogP contribution in [0.1, 0.15) is 11.0 Å². The Bertz CT molecular complexity index is 553. The molecule has 6 heteroatoms. The molecule has 1 unspecified atom stereocenters. The largest absolute Gasteiger partial charge is 0.296 e. The van der Waals surface area contributed by atoms with Crippen molar-refractivity contribution in [1.29, 1.82) is 0 Å². The zero-order valence-corrected chi connectivity index (χ0v) is 12.5. The summed E-state index contributed by atoms with van der Waals surface area (Å²) in [7, 11) is 0. The van der Waals surface area contributed by atoms with Crippen LogP contribution < -0.4 is 15.8 Å². The SMILES string of the molecule is S=C1NNC(c2cccs2)N1c1ccc(Br)cc1. The first-order valence-electron chi connectivity index (χ1n) is 5.39. The molecular weight excluding hydrogens is 330 g/mol. The number of hydrogen-bond donors (Lipinski definition) is 2. The van der Waals surface area contributed by atoms with E-state index in [1.54, 1.807) is 11.3 Å². The highest BCUT2D eigenvalue weighted by Crippen LogP contribution is 2.31. The lowest BCUT2D eigenvalue weighted by atomic mass is 10.2. The summed E-state index contributed by atoms with van der Waals surface area (Å²) in [5, 5.41) is 2.76. The first-order valence-corrected chi connectivity index (χ1v) is 7.47. The van der Waals surface area contributed by atoms with Crippen molar-refractivity contribution in [3.63, 3.8) is 0 Å². The van der Waals surface area contributed by atoms with Crippen molar-refractivity contribution in [3.05, 3.63) is 51.1 Å². The third kappa shape index (κ3) is 2.16. The molecule has 18 heavy (non-hydrogen) atoms. The summed E-state index contributed by atoms with van der Waals surface area (Å²) in [4.78, 5) is 3.30. The lowest BCUT2D eigenvalue weighted by Crippen LogP contribution is -2.28. The number of hydrogen-bond acceptors (Lipinski definition) is 3. The Morgan fingerprint density at radius 1 is 1.22 bits per heavy atom. The van der Waals surface area contributed by atoms with Crippen LogP contribution in [0.15, 0.2) is 46.3 Å². The summed E-state index contributed by atoms with van der Waals surface area (Å²) in [5.41, 5.74) is 7.30. The van der Waals surface area contributed by atoms with E-state index in [2.05, 4.69) is 43.1 Å². The van der Waals surface area contributed by atoms with Crippen LogP contribution in [0.5, 0.6) is 0 Å². The molecule has 0 radical (unpaired) electrons. The molecule has 0 amide bonds. The maximum Gasteiger partial charge on any atom is 0.189 e. The fourth-order valence-corrected chi connectivity index (χ4v) is 3.18. The Hall–Kier alpha value is -0.950. The van der Waals surface area contributed by atoms with Crippen LogP contribution in [0, 0.1) is 0 Å². The second-order valence-electron chi connectivity index (χ2n) is 3.84. The zero-order chi connectivity index (χ0) is 12.5. The van der Waals surface area contributed by atoms with Crippen molar-refractivity contribution < 1.29 is 0 Å². The molecule has 1 saturated heterocycles. The van der Waals surface area contributed by atoms with Gasteiger partial charge >= 0.3 is 0 Å². The summed E-state index contributed by atoms with van der Waals surface area (Å²) in [6, 6.07) is 12.3.